The summed E-state index contributed by atoms with van der Waals surface area (Å²) < 4.78 is 0. The van der Waals surface area contributed by atoms with E-state index in [0.29, 0.717) is 23.4 Å². The third kappa shape index (κ3) is 2.65. The first-order valence-corrected chi connectivity index (χ1v) is 5.89. The number of carbonyl (C=O) groups is 2. The standard InChI is InChI=1S/C11H15NO2S/c1-4-8(13)11-10(7(3)6-15-11)12-9(14)5-2/h6H,4-5H2,1-3H3,(H,12,14). The lowest BCUT2D eigenvalue weighted by Gasteiger charge is -2.05. The maximum Gasteiger partial charge on any atom is 0.224 e. The van der Waals surface area contributed by atoms with Crippen LogP contribution in [0.2, 0.25) is 0 Å². The minimum atomic E-state index is -0.0540. The molecule has 1 aromatic rings. The number of ketones is 1. The third-order valence-electron chi connectivity index (χ3n) is 2.13. The maximum atomic E-state index is 11.6. The first kappa shape index (κ1) is 11.9. The second-order valence-electron chi connectivity index (χ2n) is 3.30. The van der Waals surface area contributed by atoms with Gasteiger partial charge in [-0.05, 0) is 17.9 Å². The van der Waals surface area contributed by atoms with E-state index in [0.717, 1.165) is 5.56 Å². The molecule has 0 aromatic carbocycles. The van der Waals surface area contributed by atoms with Crippen molar-refractivity contribution >= 4 is 28.7 Å². The number of rotatable bonds is 4. The molecule has 0 radical (unpaired) electrons. The van der Waals surface area contributed by atoms with Crippen molar-refractivity contribution in [1.82, 2.24) is 0 Å². The Kier molecular flexibility index (Phi) is 4.03. The molecule has 0 spiro atoms. The van der Waals surface area contributed by atoms with Crippen molar-refractivity contribution in [2.75, 3.05) is 5.32 Å². The molecular weight excluding hydrogens is 210 g/mol. The summed E-state index contributed by atoms with van der Waals surface area (Å²) in [6.45, 7) is 5.51. The Morgan fingerprint density at radius 2 is 2.00 bits per heavy atom. The number of hydrogen-bond acceptors (Lipinski definition) is 3. The average molecular weight is 225 g/mol. The first-order valence-electron chi connectivity index (χ1n) is 5.01. The van der Waals surface area contributed by atoms with Crippen molar-refractivity contribution in [2.45, 2.75) is 33.6 Å². The number of thiophene rings is 1. The van der Waals surface area contributed by atoms with Gasteiger partial charge in [-0.1, -0.05) is 13.8 Å². The molecule has 1 aromatic heterocycles. The van der Waals surface area contributed by atoms with E-state index < -0.39 is 0 Å². The van der Waals surface area contributed by atoms with Crippen molar-refractivity contribution in [3.8, 4) is 0 Å². The Bertz CT molecular complexity index is 382. The van der Waals surface area contributed by atoms with Crippen molar-refractivity contribution in [2.24, 2.45) is 0 Å². The summed E-state index contributed by atoms with van der Waals surface area (Å²) in [7, 11) is 0. The van der Waals surface area contributed by atoms with Crippen molar-refractivity contribution in [3.05, 3.63) is 15.8 Å². The molecule has 1 rings (SSSR count). The fraction of sp³-hybridized carbons (Fsp3) is 0.455. The van der Waals surface area contributed by atoms with Gasteiger partial charge in [-0.3, -0.25) is 9.59 Å². The summed E-state index contributed by atoms with van der Waals surface area (Å²) in [5.74, 6) is 0.0288. The Labute approximate surface area is 93.5 Å². The zero-order valence-corrected chi connectivity index (χ0v) is 10.0. The van der Waals surface area contributed by atoms with Gasteiger partial charge in [-0.15, -0.1) is 11.3 Å². The lowest BCUT2D eigenvalue weighted by Crippen LogP contribution is -2.12. The number of Topliss-reactive ketones (excluding diaryl/α,β-unsaturated/α-hetero) is 1. The quantitative estimate of drug-likeness (QED) is 0.801. The van der Waals surface area contributed by atoms with Gasteiger partial charge in [0.05, 0.1) is 10.6 Å². The molecule has 0 aliphatic heterocycles. The maximum absolute atomic E-state index is 11.6. The number of anilines is 1. The van der Waals surface area contributed by atoms with Gasteiger partial charge in [0, 0.05) is 12.8 Å². The number of hydrogen-bond donors (Lipinski definition) is 1. The molecule has 0 bridgehead atoms. The zero-order chi connectivity index (χ0) is 11.4. The molecule has 0 saturated carbocycles. The van der Waals surface area contributed by atoms with Gasteiger partial charge in [-0.25, -0.2) is 0 Å². The lowest BCUT2D eigenvalue weighted by molar-refractivity contribution is -0.115. The number of nitrogens with one attached hydrogen (secondary N) is 1. The molecule has 3 nitrogen and oxygen atoms in total. The molecule has 0 saturated heterocycles. The van der Waals surface area contributed by atoms with Crippen LogP contribution in [0.25, 0.3) is 0 Å². The minimum absolute atomic E-state index is 0.0540. The van der Waals surface area contributed by atoms with Crippen molar-refractivity contribution < 1.29 is 9.59 Å². The molecule has 4 heteroatoms. The molecule has 15 heavy (non-hydrogen) atoms. The van der Waals surface area contributed by atoms with Crippen LogP contribution in [0, 0.1) is 6.92 Å². The van der Waals surface area contributed by atoms with Crippen LogP contribution in [0.15, 0.2) is 5.38 Å². The Morgan fingerprint density at radius 1 is 1.33 bits per heavy atom. The summed E-state index contributed by atoms with van der Waals surface area (Å²) >= 11 is 1.40. The summed E-state index contributed by atoms with van der Waals surface area (Å²) in [5.41, 5.74) is 1.65. The molecule has 1 heterocycles. The van der Waals surface area contributed by atoms with Crippen LogP contribution in [-0.2, 0) is 4.79 Å². The highest BCUT2D eigenvalue weighted by Crippen LogP contribution is 2.28. The SMILES string of the molecule is CCC(=O)Nc1c(C)csc1C(=O)CC. The molecule has 1 amide bonds. The van der Waals surface area contributed by atoms with E-state index in [-0.39, 0.29) is 11.7 Å². The van der Waals surface area contributed by atoms with Crippen LogP contribution in [0.4, 0.5) is 5.69 Å². The predicted molar refractivity (Wildman–Crippen MR) is 62.6 cm³/mol. The molecule has 0 aliphatic carbocycles. The van der Waals surface area contributed by atoms with Crippen LogP contribution >= 0.6 is 11.3 Å². The van der Waals surface area contributed by atoms with Gasteiger partial charge in [0.1, 0.15) is 0 Å². The monoisotopic (exact) mass is 225 g/mol. The van der Waals surface area contributed by atoms with E-state index >= 15 is 0 Å². The van der Waals surface area contributed by atoms with Crippen LogP contribution in [0.3, 0.4) is 0 Å². The predicted octanol–water partition coefficient (Wildman–Crippen LogP) is 3.00. The molecule has 0 fully saturated rings. The van der Waals surface area contributed by atoms with Crippen LogP contribution in [-0.4, -0.2) is 11.7 Å². The fourth-order valence-corrected chi connectivity index (χ4v) is 2.21. The summed E-state index contributed by atoms with van der Waals surface area (Å²) in [6.07, 6.45) is 0.893. The zero-order valence-electron chi connectivity index (χ0n) is 9.22. The molecule has 0 atom stereocenters. The highest BCUT2D eigenvalue weighted by atomic mass is 32.1. The summed E-state index contributed by atoms with van der Waals surface area (Å²) in [4.78, 5) is 23.5. The number of aryl methyl sites for hydroxylation is 1. The smallest absolute Gasteiger partial charge is 0.224 e. The van der Waals surface area contributed by atoms with E-state index in [4.69, 9.17) is 0 Å². The van der Waals surface area contributed by atoms with Gasteiger partial charge in [0.25, 0.3) is 0 Å². The number of amides is 1. The van der Waals surface area contributed by atoms with E-state index in [1.54, 1.807) is 6.92 Å². The van der Waals surface area contributed by atoms with E-state index in [1.807, 2.05) is 19.2 Å². The second-order valence-corrected chi connectivity index (χ2v) is 4.18. The van der Waals surface area contributed by atoms with Gasteiger partial charge < -0.3 is 5.32 Å². The van der Waals surface area contributed by atoms with Crippen molar-refractivity contribution in [1.29, 1.82) is 0 Å². The Hall–Kier alpha value is -1.16. The average Bonchev–Trinajstić information content (AvgIpc) is 2.59. The number of carbonyl (C=O) groups excluding carboxylic acids is 2. The Morgan fingerprint density at radius 3 is 2.53 bits per heavy atom. The summed E-state index contributed by atoms with van der Waals surface area (Å²) in [5, 5.41) is 4.67. The van der Waals surface area contributed by atoms with Crippen molar-refractivity contribution in [3.63, 3.8) is 0 Å². The minimum Gasteiger partial charge on any atom is -0.324 e. The van der Waals surface area contributed by atoms with Crippen LogP contribution in [0.5, 0.6) is 0 Å². The lowest BCUT2D eigenvalue weighted by atomic mass is 10.2. The molecule has 0 aliphatic rings. The third-order valence-corrected chi connectivity index (χ3v) is 3.27. The van der Waals surface area contributed by atoms with E-state index in [1.165, 1.54) is 11.3 Å². The molecular formula is C11H15NO2S. The van der Waals surface area contributed by atoms with Gasteiger partial charge >= 0.3 is 0 Å². The topological polar surface area (TPSA) is 46.2 Å². The van der Waals surface area contributed by atoms with Crippen LogP contribution < -0.4 is 5.32 Å². The van der Waals surface area contributed by atoms with Gasteiger partial charge in [0.2, 0.25) is 5.91 Å². The first-order chi connectivity index (χ1) is 7.10. The second kappa shape index (κ2) is 5.07. The highest BCUT2D eigenvalue weighted by Gasteiger charge is 2.15. The molecule has 0 unspecified atom stereocenters. The fourth-order valence-electron chi connectivity index (χ4n) is 1.19. The van der Waals surface area contributed by atoms with Gasteiger partial charge in [-0.2, -0.15) is 0 Å². The van der Waals surface area contributed by atoms with E-state index in [9.17, 15) is 9.59 Å². The molecule has 82 valence electrons. The van der Waals surface area contributed by atoms with E-state index in [2.05, 4.69) is 5.32 Å². The Balaban J connectivity index is 2.99. The molecule has 1 N–H and O–H groups in total. The largest absolute Gasteiger partial charge is 0.324 e. The van der Waals surface area contributed by atoms with Gasteiger partial charge in [0.15, 0.2) is 5.78 Å². The summed E-state index contributed by atoms with van der Waals surface area (Å²) in [6, 6.07) is 0. The highest BCUT2D eigenvalue weighted by molar-refractivity contribution is 7.13. The van der Waals surface area contributed by atoms with Crippen LogP contribution in [0.1, 0.15) is 41.9 Å². The normalized spacial score (nSPS) is 10.1.